The Morgan fingerprint density at radius 3 is 2.41 bits per heavy atom. The topological polar surface area (TPSA) is 79.7 Å². The summed E-state index contributed by atoms with van der Waals surface area (Å²) in [5.74, 6) is -1.22. The molecule has 1 atom stereocenters. The molecule has 1 saturated heterocycles. The van der Waals surface area contributed by atoms with E-state index in [2.05, 4.69) is 11.6 Å². The highest BCUT2D eigenvalue weighted by molar-refractivity contribution is 6.46. The molecule has 8 heteroatoms. The number of ketones is 1. The van der Waals surface area contributed by atoms with Gasteiger partial charge in [0.1, 0.15) is 18.1 Å². The first-order valence-corrected chi connectivity index (χ1v) is 11.1. The van der Waals surface area contributed by atoms with Gasteiger partial charge < -0.3 is 14.7 Å². The van der Waals surface area contributed by atoms with Crippen LogP contribution < -0.4 is 4.74 Å². The van der Waals surface area contributed by atoms with E-state index in [0.717, 1.165) is 5.56 Å². The van der Waals surface area contributed by atoms with Crippen LogP contribution in [-0.2, 0) is 16.1 Å². The first kappa shape index (κ1) is 23.5. The number of carbonyl (C=O) groups excluding carboxylic acids is 2. The number of hydrogen-bond donors (Lipinski definition) is 1. The number of carbonyl (C=O) groups is 2. The Morgan fingerprint density at radius 2 is 1.76 bits per heavy atom. The molecule has 34 heavy (non-hydrogen) atoms. The predicted molar refractivity (Wildman–Crippen MR) is 131 cm³/mol. The maximum atomic E-state index is 13.1. The highest BCUT2D eigenvalue weighted by Gasteiger charge is 2.46. The number of aliphatic hydroxyl groups excluding tert-OH is 1. The Hall–Kier alpha value is -3.61. The Balaban J connectivity index is 1.81. The molecule has 1 N–H and O–H groups in total. The number of rotatable bonds is 7. The zero-order valence-electron chi connectivity index (χ0n) is 17.9. The number of aliphatic hydroxyl groups is 1. The first-order chi connectivity index (χ1) is 16.4. The van der Waals surface area contributed by atoms with Gasteiger partial charge in [0.2, 0.25) is 0 Å². The average molecular weight is 495 g/mol. The Bertz CT molecular complexity index is 1270. The maximum absolute atomic E-state index is 13.1. The van der Waals surface area contributed by atoms with Crippen LogP contribution in [0.25, 0.3) is 5.76 Å². The van der Waals surface area contributed by atoms with Gasteiger partial charge in [-0.05, 0) is 59.7 Å². The number of benzene rings is 2. The molecule has 2 heterocycles. The molecule has 0 aliphatic carbocycles. The number of nitrogens with zero attached hydrogens (tertiary/aromatic N) is 2. The van der Waals surface area contributed by atoms with Crippen molar-refractivity contribution in [1.82, 2.24) is 9.88 Å². The smallest absolute Gasteiger partial charge is 0.295 e. The third-order valence-corrected chi connectivity index (χ3v) is 6.14. The van der Waals surface area contributed by atoms with Crippen LogP contribution in [0.2, 0.25) is 10.0 Å². The van der Waals surface area contributed by atoms with Gasteiger partial charge in [0.05, 0.1) is 21.7 Å². The summed E-state index contributed by atoms with van der Waals surface area (Å²) in [4.78, 5) is 31.6. The molecule has 0 radical (unpaired) electrons. The van der Waals surface area contributed by atoms with E-state index in [-0.39, 0.29) is 22.9 Å². The molecule has 2 aromatic carbocycles. The van der Waals surface area contributed by atoms with E-state index < -0.39 is 17.7 Å². The SMILES string of the molecule is C=CCOc1ccc(/C(O)=C2/C(=O)C(=O)N(Cc3ccncc3)C2c2ccc(Cl)c(Cl)c2)cc1. The molecule has 6 nitrogen and oxygen atoms in total. The molecular weight excluding hydrogens is 475 g/mol. The summed E-state index contributed by atoms with van der Waals surface area (Å²) in [6, 6.07) is 14.1. The van der Waals surface area contributed by atoms with Gasteiger partial charge in [-0.25, -0.2) is 0 Å². The third kappa shape index (κ3) is 4.69. The standard InChI is InChI=1S/C26H20Cl2N2O4/c1-2-13-34-19-6-3-17(4-7-19)24(31)22-23(18-5-8-20(27)21(28)14-18)30(26(33)25(22)32)15-16-9-11-29-12-10-16/h2-12,14,23,31H,1,13,15H2/b24-22-. The summed E-state index contributed by atoms with van der Waals surface area (Å²) in [7, 11) is 0. The largest absolute Gasteiger partial charge is 0.507 e. The van der Waals surface area contributed by atoms with Crippen molar-refractivity contribution < 1.29 is 19.4 Å². The Kier molecular flexibility index (Phi) is 7.01. The zero-order valence-corrected chi connectivity index (χ0v) is 19.5. The van der Waals surface area contributed by atoms with E-state index in [1.54, 1.807) is 73.1 Å². The van der Waals surface area contributed by atoms with E-state index >= 15 is 0 Å². The number of likely N-dealkylation sites (tertiary alicyclic amines) is 1. The van der Waals surface area contributed by atoms with E-state index in [4.69, 9.17) is 27.9 Å². The van der Waals surface area contributed by atoms with Gasteiger partial charge in [-0.2, -0.15) is 0 Å². The van der Waals surface area contributed by atoms with Crippen molar-refractivity contribution in [3.8, 4) is 5.75 Å². The monoisotopic (exact) mass is 494 g/mol. The van der Waals surface area contributed by atoms with Crippen molar-refractivity contribution in [3.05, 3.63) is 112 Å². The Labute approximate surface area is 206 Å². The van der Waals surface area contributed by atoms with Crippen LogP contribution in [0.5, 0.6) is 5.75 Å². The number of hydrogen-bond acceptors (Lipinski definition) is 5. The summed E-state index contributed by atoms with van der Waals surface area (Å²) in [6.07, 6.45) is 4.83. The summed E-state index contributed by atoms with van der Waals surface area (Å²) in [6.45, 7) is 4.09. The molecule has 1 aliphatic rings. The normalized spacial score (nSPS) is 17.1. The van der Waals surface area contributed by atoms with Gasteiger partial charge in [-0.15, -0.1) is 0 Å². The molecule has 1 aliphatic heterocycles. The van der Waals surface area contributed by atoms with Crippen LogP contribution in [0.1, 0.15) is 22.7 Å². The van der Waals surface area contributed by atoms with Crippen LogP contribution in [0, 0.1) is 0 Å². The van der Waals surface area contributed by atoms with Crippen molar-refractivity contribution >= 4 is 40.7 Å². The highest BCUT2D eigenvalue weighted by Crippen LogP contribution is 2.41. The molecule has 4 rings (SSSR count). The van der Waals surface area contributed by atoms with E-state index in [9.17, 15) is 14.7 Å². The fourth-order valence-corrected chi connectivity index (χ4v) is 4.08. The average Bonchev–Trinajstić information content (AvgIpc) is 3.10. The third-order valence-electron chi connectivity index (χ3n) is 5.40. The maximum Gasteiger partial charge on any atom is 0.295 e. The lowest BCUT2D eigenvalue weighted by molar-refractivity contribution is -0.140. The van der Waals surface area contributed by atoms with E-state index in [1.807, 2.05) is 0 Å². The molecule has 3 aromatic rings. The molecular formula is C26H20Cl2N2O4. The second-order valence-corrected chi connectivity index (χ2v) is 8.39. The minimum atomic E-state index is -0.861. The Morgan fingerprint density at radius 1 is 1.06 bits per heavy atom. The number of pyridine rings is 1. The van der Waals surface area contributed by atoms with Gasteiger partial charge in [-0.3, -0.25) is 14.6 Å². The number of aromatic nitrogens is 1. The minimum absolute atomic E-state index is 0.0304. The molecule has 0 spiro atoms. The van der Waals surface area contributed by atoms with E-state index in [1.165, 1.54) is 4.90 Å². The summed E-state index contributed by atoms with van der Waals surface area (Å²) >= 11 is 12.3. The van der Waals surface area contributed by atoms with Crippen LogP contribution >= 0.6 is 23.2 Å². The lowest BCUT2D eigenvalue weighted by Gasteiger charge is -2.25. The minimum Gasteiger partial charge on any atom is -0.507 e. The zero-order chi connectivity index (χ0) is 24.2. The molecule has 1 unspecified atom stereocenters. The van der Waals surface area contributed by atoms with Crippen molar-refractivity contribution in [2.75, 3.05) is 6.61 Å². The van der Waals surface area contributed by atoms with Gasteiger partial charge in [0.15, 0.2) is 0 Å². The van der Waals surface area contributed by atoms with Gasteiger partial charge in [0.25, 0.3) is 11.7 Å². The van der Waals surface area contributed by atoms with Crippen LogP contribution in [-0.4, -0.2) is 33.3 Å². The second kappa shape index (κ2) is 10.1. The molecule has 0 saturated carbocycles. The van der Waals surface area contributed by atoms with Gasteiger partial charge >= 0.3 is 0 Å². The van der Waals surface area contributed by atoms with Crippen LogP contribution in [0.4, 0.5) is 0 Å². The number of halogens is 2. The number of ether oxygens (including phenoxy) is 1. The molecule has 172 valence electrons. The van der Waals surface area contributed by atoms with Crippen LogP contribution in [0.3, 0.4) is 0 Å². The van der Waals surface area contributed by atoms with Crippen molar-refractivity contribution in [1.29, 1.82) is 0 Å². The summed E-state index contributed by atoms with van der Waals surface area (Å²) in [5.41, 5.74) is 1.68. The number of amides is 1. The molecule has 1 amide bonds. The molecule has 1 aromatic heterocycles. The molecule has 0 bridgehead atoms. The summed E-state index contributed by atoms with van der Waals surface area (Å²) < 4.78 is 5.47. The van der Waals surface area contributed by atoms with E-state index in [0.29, 0.717) is 28.5 Å². The first-order valence-electron chi connectivity index (χ1n) is 10.4. The van der Waals surface area contributed by atoms with Crippen molar-refractivity contribution in [2.24, 2.45) is 0 Å². The number of Topliss-reactive ketones (excluding diaryl/α,β-unsaturated/α-hetero) is 1. The van der Waals surface area contributed by atoms with Gasteiger partial charge in [0, 0.05) is 24.5 Å². The van der Waals surface area contributed by atoms with Crippen LogP contribution in [0.15, 0.2) is 85.2 Å². The lowest BCUT2D eigenvalue weighted by atomic mass is 9.95. The lowest BCUT2D eigenvalue weighted by Crippen LogP contribution is -2.29. The summed E-state index contributed by atoms with van der Waals surface area (Å²) in [5, 5.41) is 11.8. The van der Waals surface area contributed by atoms with Gasteiger partial charge in [-0.1, -0.05) is 41.9 Å². The molecule has 1 fully saturated rings. The van der Waals surface area contributed by atoms with Crippen molar-refractivity contribution in [2.45, 2.75) is 12.6 Å². The second-order valence-electron chi connectivity index (χ2n) is 7.58. The fourth-order valence-electron chi connectivity index (χ4n) is 3.78. The highest BCUT2D eigenvalue weighted by atomic mass is 35.5. The predicted octanol–water partition coefficient (Wildman–Crippen LogP) is 5.58. The van der Waals surface area contributed by atoms with Crippen molar-refractivity contribution in [3.63, 3.8) is 0 Å². The fraction of sp³-hybridized carbons (Fsp3) is 0.115. The quantitative estimate of drug-likeness (QED) is 0.201.